The van der Waals surface area contributed by atoms with Crippen molar-refractivity contribution < 1.29 is 19.7 Å². The van der Waals surface area contributed by atoms with Gasteiger partial charge in [0.15, 0.2) is 11.5 Å². The van der Waals surface area contributed by atoms with Crippen LogP contribution < -0.4 is 4.74 Å². The monoisotopic (exact) mass is 194 g/mol. The molecule has 2 N–H and O–H groups in total. The summed E-state index contributed by atoms with van der Waals surface area (Å²) in [7, 11) is 1.35. The van der Waals surface area contributed by atoms with Gasteiger partial charge in [-0.05, 0) is 17.7 Å². The average Bonchev–Trinajstić information content (AvgIpc) is 2.17. The van der Waals surface area contributed by atoms with Crippen LogP contribution in [0.15, 0.2) is 18.7 Å². The highest BCUT2D eigenvalue weighted by atomic mass is 16.5. The van der Waals surface area contributed by atoms with Gasteiger partial charge < -0.3 is 14.9 Å². The van der Waals surface area contributed by atoms with Crippen LogP contribution in [0.1, 0.15) is 15.9 Å². The van der Waals surface area contributed by atoms with Gasteiger partial charge in [0.2, 0.25) is 0 Å². The van der Waals surface area contributed by atoms with Gasteiger partial charge in [-0.1, -0.05) is 12.7 Å². The van der Waals surface area contributed by atoms with Crippen LogP contribution in [0.3, 0.4) is 0 Å². The van der Waals surface area contributed by atoms with E-state index >= 15 is 0 Å². The standard InChI is InChI=1S/C10H10O4/c1-3-6-4-7(10(12)13)9(11)8(5-6)14-2/h3-5,11H,1H2,2H3,(H,12,13). The Balaban J connectivity index is 3.41. The highest BCUT2D eigenvalue weighted by Crippen LogP contribution is 2.31. The zero-order valence-corrected chi connectivity index (χ0v) is 7.65. The van der Waals surface area contributed by atoms with E-state index in [1.165, 1.54) is 25.3 Å². The first-order valence-electron chi connectivity index (χ1n) is 3.87. The molecule has 14 heavy (non-hydrogen) atoms. The summed E-state index contributed by atoms with van der Waals surface area (Å²) >= 11 is 0. The maximum absolute atomic E-state index is 10.7. The minimum atomic E-state index is -1.20. The molecule has 0 aliphatic carbocycles. The summed E-state index contributed by atoms with van der Waals surface area (Å²) in [5.41, 5.74) is 0.385. The van der Waals surface area contributed by atoms with Crippen molar-refractivity contribution in [1.82, 2.24) is 0 Å². The molecule has 0 spiro atoms. The minimum Gasteiger partial charge on any atom is -0.504 e. The molecule has 0 saturated carbocycles. The van der Waals surface area contributed by atoms with E-state index in [1.807, 2.05) is 0 Å². The Kier molecular flexibility index (Phi) is 2.76. The molecule has 0 bridgehead atoms. The number of phenols is 1. The molecule has 0 radical (unpaired) electrons. The number of carboxylic acid groups (broad SMARTS) is 1. The quantitative estimate of drug-likeness (QED) is 0.769. The van der Waals surface area contributed by atoms with E-state index in [9.17, 15) is 9.90 Å². The van der Waals surface area contributed by atoms with Gasteiger partial charge in [-0.15, -0.1) is 0 Å². The van der Waals surface area contributed by atoms with Gasteiger partial charge in [-0.3, -0.25) is 0 Å². The molecule has 0 fully saturated rings. The number of rotatable bonds is 3. The summed E-state index contributed by atoms with van der Waals surface area (Å²) in [6.45, 7) is 3.51. The molecule has 4 heteroatoms. The van der Waals surface area contributed by atoms with E-state index < -0.39 is 5.97 Å². The summed E-state index contributed by atoms with van der Waals surface area (Å²) < 4.78 is 4.82. The Labute approximate surface area is 81.1 Å². The van der Waals surface area contributed by atoms with Crippen LogP contribution in [0.2, 0.25) is 0 Å². The summed E-state index contributed by atoms with van der Waals surface area (Å²) in [4.78, 5) is 10.7. The number of carboxylic acids is 1. The molecule has 0 atom stereocenters. The van der Waals surface area contributed by atoms with Crippen molar-refractivity contribution in [2.75, 3.05) is 7.11 Å². The summed E-state index contributed by atoms with van der Waals surface area (Å²) in [6.07, 6.45) is 1.48. The zero-order valence-electron chi connectivity index (χ0n) is 7.65. The molecule has 4 nitrogen and oxygen atoms in total. The zero-order chi connectivity index (χ0) is 10.7. The number of hydrogen-bond acceptors (Lipinski definition) is 3. The SMILES string of the molecule is C=Cc1cc(OC)c(O)c(C(=O)O)c1. The van der Waals surface area contributed by atoms with Crippen molar-refractivity contribution in [3.63, 3.8) is 0 Å². The molecule has 0 saturated heterocycles. The number of aromatic hydroxyl groups is 1. The van der Waals surface area contributed by atoms with E-state index in [4.69, 9.17) is 9.84 Å². The molecule has 0 aliphatic rings. The van der Waals surface area contributed by atoms with E-state index in [0.29, 0.717) is 5.56 Å². The van der Waals surface area contributed by atoms with Crippen LogP contribution in [-0.2, 0) is 0 Å². The van der Waals surface area contributed by atoms with Gasteiger partial charge in [-0.25, -0.2) is 4.79 Å². The molecule has 74 valence electrons. The molecule has 1 aromatic carbocycles. The van der Waals surface area contributed by atoms with Gasteiger partial charge in [0.1, 0.15) is 5.56 Å². The van der Waals surface area contributed by atoms with Gasteiger partial charge in [-0.2, -0.15) is 0 Å². The van der Waals surface area contributed by atoms with Crippen LogP contribution in [0.25, 0.3) is 6.08 Å². The van der Waals surface area contributed by atoms with Gasteiger partial charge in [0, 0.05) is 0 Å². The number of hydrogen-bond donors (Lipinski definition) is 2. The normalized spacial score (nSPS) is 9.50. The lowest BCUT2D eigenvalue weighted by molar-refractivity contribution is 0.0693. The molecular formula is C10H10O4. The molecule has 1 aromatic rings. The number of carbonyl (C=O) groups is 1. The minimum absolute atomic E-state index is 0.125. The lowest BCUT2D eigenvalue weighted by Crippen LogP contribution is -1.99. The first kappa shape index (κ1) is 10.1. The third kappa shape index (κ3) is 1.69. The smallest absolute Gasteiger partial charge is 0.339 e. The summed E-state index contributed by atoms with van der Waals surface area (Å²) in [5, 5.41) is 18.2. The van der Waals surface area contributed by atoms with Crippen LogP contribution in [0.5, 0.6) is 11.5 Å². The largest absolute Gasteiger partial charge is 0.504 e. The second-order valence-corrected chi connectivity index (χ2v) is 2.63. The Morgan fingerprint density at radius 1 is 1.57 bits per heavy atom. The van der Waals surface area contributed by atoms with E-state index in [0.717, 1.165) is 0 Å². The van der Waals surface area contributed by atoms with Crippen LogP contribution in [0.4, 0.5) is 0 Å². The van der Waals surface area contributed by atoms with Gasteiger partial charge >= 0.3 is 5.97 Å². The van der Waals surface area contributed by atoms with E-state index in [-0.39, 0.29) is 17.1 Å². The molecule has 0 heterocycles. The number of aromatic carboxylic acids is 1. The lowest BCUT2D eigenvalue weighted by Gasteiger charge is -2.07. The molecule has 0 amide bonds. The third-order valence-electron chi connectivity index (χ3n) is 1.78. The average molecular weight is 194 g/mol. The summed E-state index contributed by atoms with van der Waals surface area (Å²) in [5.74, 6) is -1.45. The van der Waals surface area contributed by atoms with Crippen molar-refractivity contribution in [3.05, 3.63) is 29.8 Å². The fourth-order valence-electron chi connectivity index (χ4n) is 1.07. The van der Waals surface area contributed by atoms with E-state index in [2.05, 4.69) is 6.58 Å². The van der Waals surface area contributed by atoms with Crippen LogP contribution in [0, 0.1) is 0 Å². The fourth-order valence-corrected chi connectivity index (χ4v) is 1.07. The summed E-state index contributed by atoms with van der Waals surface area (Å²) in [6, 6.07) is 2.84. The topological polar surface area (TPSA) is 66.8 Å². The highest BCUT2D eigenvalue weighted by molar-refractivity contribution is 5.92. The maximum atomic E-state index is 10.7. The van der Waals surface area contributed by atoms with Gasteiger partial charge in [0.25, 0.3) is 0 Å². The Hall–Kier alpha value is -1.97. The fraction of sp³-hybridized carbons (Fsp3) is 0.100. The lowest BCUT2D eigenvalue weighted by atomic mass is 10.1. The second kappa shape index (κ2) is 3.83. The molecule has 0 unspecified atom stereocenters. The van der Waals surface area contributed by atoms with Gasteiger partial charge in [0.05, 0.1) is 7.11 Å². The first-order valence-corrected chi connectivity index (χ1v) is 3.87. The number of ether oxygens (including phenoxy) is 1. The van der Waals surface area contributed by atoms with Crippen LogP contribution >= 0.6 is 0 Å². The Morgan fingerprint density at radius 2 is 2.21 bits per heavy atom. The van der Waals surface area contributed by atoms with Crippen molar-refractivity contribution in [1.29, 1.82) is 0 Å². The molecule has 0 aliphatic heterocycles. The number of benzene rings is 1. The van der Waals surface area contributed by atoms with Crippen molar-refractivity contribution in [2.45, 2.75) is 0 Å². The highest BCUT2D eigenvalue weighted by Gasteiger charge is 2.14. The van der Waals surface area contributed by atoms with Crippen molar-refractivity contribution in [2.24, 2.45) is 0 Å². The molecular weight excluding hydrogens is 184 g/mol. The van der Waals surface area contributed by atoms with Crippen LogP contribution in [-0.4, -0.2) is 23.3 Å². The Morgan fingerprint density at radius 3 is 2.64 bits per heavy atom. The molecule has 0 aromatic heterocycles. The first-order chi connectivity index (χ1) is 6.60. The van der Waals surface area contributed by atoms with E-state index in [1.54, 1.807) is 0 Å². The third-order valence-corrected chi connectivity index (χ3v) is 1.78. The predicted octanol–water partition coefficient (Wildman–Crippen LogP) is 1.74. The molecule has 1 rings (SSSR count). The Bertz CT molecular complexity index is 382. The predicted molar refractivity (Wildman–Crippen MR) is 51.7 cm³/mol. The van der Waals surface area contributed by atoms with Crippen molar-refractivity contribution >= 4 is 12.0 Å². The maximum Gasteiger partial charge on any atom is 0.339 e. The number of methoxy groups -OCH3 is 1. The second-order valence-electron chi connectivity index (χ2n) is 2.63. The van der Waals surface area contributed by atoms with Crippen molar-refractivity contribution in [3.8, 4) is 11.5 Å².